The topological polar surface area (TPSA) is 70.1 Å². The molecule has 1 fully saturated rings. The van der Waals surface area contributed by atoms with Crippen molar-refractivity contribution in [2.24, 2.45) is 0 Å². The highest BCUT2D eigenvalue weighted by Crippen LogP contribution is 2.33. The summed E-state index contributed by atoms with van der Waals surface area (Å²) in [5.74, 6) is -1.41. The van der Waals surface area contributed by atoms with Crippen LogP contribution >= 0.6 is 0 Å². The highest BCUT2D eigenvalue weighted by Gasteiger charge is 2.36. The molecular weight excluding hydrogens is 377 g/mol. The second kappa shape index (κ2) is 7.98. The fraction of sp³-hybridized carbons (Fsp3) is 0.579. The van der Waals surface area contributed by atoms with Crippen molar-refractivity contribution in [2.45, 2.75) is 52.1 Å². The molecule has 1 amide bonds. The predicted octanol–water partition coefficient (Wildman–Crippen LogP) is 3.84. The number of carbonyl (C=O) groups is 2. The number of carboxylic acids is 1. The Morgan fingerprint density at radius 1 is 1.21 bits per heavy atom. The van der Waals surface area contributed by atoms with E-state index in [4.69, 9.17) is 9.84 Å². The van der Waals surface area contributed by atoms with Crippen LogP contribution in [0.5, 0.6) is 0 Å². The molecule has 0 aromatic heterocycles. The summed E-state index contributed by atoms with van der Waals surface area (Å²) in [4.78, 5) is 26.6. The number of carboxylic acid groups (broad SMARTS) is 1. The van der Waals surface area contributed by atoms with Crippen LogP contribution in [0.4, 0.5) is 18.0 Å². The summed E-state index contributed by atoms with van der Waals surface area (Å²) < 4.78 is 45.5. The summed E-state index contributed by atoms with van der Waals surface area (Å²) in [5, 5.41) is 8.96. The summed E-state index contributed by atoms with van der Waals surface area (Å²) in [6.07, 6.45) is -5.09. The Bertz CT molecular complexity index is 744. The third-order valence-corrected chi connectivity index (χ3v) is 4.40. The molecule has 2 rings (SSSR count). The summed E-state index contributed by atoms with van der Waals surface area (Å²) in [7, 11) is 0. The van der Waals surface area contributed by atoms with E-state index < -0.39 is 35.0 Å². The van der Waals surface area contributed by atoms with Crippen LogP contribution in [-0.2, 0) is 17.5 Å². The summed E-state index contributed by atoms with van der Waals surface area (Å²) in [6.45, 7) is 8.25. The molecule has 1 N–H and O–H groups in total. The van der Waals surface area contributed by atoms with Crippen molar-refractivity contribution < 1.29 is 32.6 Å². The van der Waals surface area contributed by atoms with E-state index in [1.54, 1.807) is 25.7 Å². The average Bonchev–Trinajstić information content (AvgIpc) is 2.52. The lowest BCUT2D eigenvalue weighted by molar-refractivity contribution is -0.138. The first-order valence-corrected chi connectivity index (χ1v) is 8.93. The molecule has 156 valence electrons. The van der Waals surface area contributed by atoms with Crippen LogP contribution in [0, 0.1) is 0 Å². The molecule has 1 atom stereocenters. The molecule has 9 heteroatoms. The number of hydrogen-bond acceptors (Lipinski definition) is 4. The number of halogens is 3. The van der Waals surface area contributed by atoms with Gasteiger partial charge in [0.05, 0.1) is 11.1 Å². The molecule has 1 saturated heterocycles. The van der Waals surface area contributed by atoms with Crippen molar-refractivity contribution in [1.82, 2.24) is 9.80 Å². The third-order valence-electron chi connectivity index (χ3n) is 4.40. The number of alkyl halides is 3. The van der Waals surface area contributed by atoms with Gasteiger partial charge in [-0.1, -0.05) is 6.07 Å². The van der Waals surface area contributed by atoms with Crippen LogP contribution in [0.15, 0.2) is 18.2 Å². The zero-order chi connectivity index (χ0) is 21.3. The Labute approximate surface area is 161 Å². The number of nitrogens with zero attached hydrogens (tertiary/aromatic N) is 2. The van der Waals surface area contributed by atoms with Crippen LogP contribution < -0.4 is 0 Å². The van der Waals surface area contributed by atoms with Gasteiger partial charge >= 0.3 is 18.2 Å². The molecule has 0 radical (unpaired) electrons. The van der Waals surface area contributed by atoms with Crippen LogP contribution in [0.2, 0.25) is 0 Å². The molecule has 28 heavy (non-hydrogen) atoms. The van der Waals surface area contributed by atoms with Crippen LogP contribution in [0.3, 0.4) is 0 Å². The number of rotatable bonds is 3. The van der Waals surface area contributed by atoms with Gasteiger partial charge in [-0.15, -0.1) is 0 Å². The number of aromatic carboxylic acids is 1. The zero-order valence-corrected chi connectivity index (χ0v) is 16.3. The molecule has 0 bridgehead atoms. The first-order chi connectivity index (χ1) is 12.8. The van der Waals surface area contributed by atoms with Gasteiger partial charge in [0.2, 0.25) is 0 Å². The largest absolute Gasteiger partial charge is 0.478 e. The van der Waals surface area contributed by atoms with E-state index in [0.717, 1.165) is 0 Å². The Morgan fingerprint density at radius 3 is 2.36 bits per heavy atom. The Kier molecular flexibility index (Phi) is 6.27. The standard InChI is InChI=1S/C19H25F3N2O4/c1-12-10-23(7-8-24(12)17(27)28-18(2,3)4)11-14-6-5-13(16(25)26)9-15(14)19(20,21)22/h5-6,9,12H,7-8,10-11H2,1-4H3,(H,25,26)/t12-/m0/s1. The Hall–Kier alpha value is -2.29. The monoisotopic (exact) mass is 402 g/mol. The lowest BCUT2D eigenvalue weighted by Crippen LogP contribution is -2.54. The summed E-state index contributed by atoms with van der Waals surface area (Å²) in [5.41, 5.74) is -1.97. The van der Waals surface area contributed by atoms with E-state index in [-0.39, 0.29) is 18.2 Å². The average molecular weight is 402 g/mol. The second-order valence-corrected chi connectivity index (χ2v) is 7.93. The van der Waals surface area contributed by atoms with E-state index >= 15 is 0 Å². The highest BCUT2D eigenvalue weighted by atomic mass is 19.4. The molecular formula is C19H25F3N2O4. The molecule has 1 aromatic rings. The SMILES string of the molecule is C[C@H]1CN(Cc2ccc(C(=O)O)cc2C(F)(F)F)CCN1C(=O)OC(C)(C)C. The zero-order valence-electron chi connectivity index (χ0n) is 16.3. The molecule has 1 aliphatic heterocycles. The van der Waals surface area contributed by atoms with Gasteiger partial charge in [0.15, 0.2) is 0 Å². The smallest absolute Gasteiger partial charge is 0.416 e. The van der Waals surface area contributed by atoms with E-state index in [1.807, 2.05) is 11.8 Å². The highest BCUT2D eigenvalue weighted by molar-refractivity contribution is 5.88. The molecule has 1 aromatic carbocycles. The molecule has 6 nitrogen and oxygen atoms in total. The van der Waals surface area contributed by atoms with Gasteiger partial charge in [-0.2, -0.15) is 13.2 Å². The van der Waals surface area contributed by atoms with Gasteiger partial charge in [-0.3, -0.25) is 4.90 Å². The molecule has 0 saturated carbocycles. The van der Waals surface area contributed by atoms with Gasteiger partial charge in [-0.05, 0) is 45.4 Å². The molecule has 1 heterocycles. The number of amides is 1. The lowest BCUT2D eigenvalue weighted by atomic mass is 10.0. The van der Waals surface area contributed by atoms with E-state index in [9.17, 15) is 22.8 Å². The normalized spacial score (nSPS) is 18.8. The van der Waals surface area contributed by atoms with Gasteiger partial charge in [0, 0.05) is 32.2 Å². The van der Waals surface area contributed by atoms with Gasteiger partial charge in [0.1, 0.15) is 5.60 Å². The Morgan fingerprint density at radius 2 is 1.86 bits per heavy atom. The van der Waals surface area contributed by atoms with Crippen molar-refractivity contribution in [3.8, 4) is 0 Å². The van der Waals surface area contributed by atoms with E-state index in [2.05, 4.69) is 0 Å². The van der Waals surface area contributed by atoms with Crippen molar-refractivity contribution in [1.29, 1.82) is 0 Å². The minimum atomic E-state index is -4.65. The Balaban J connectivity index is 2.12. The first kappa shape index (κ1) is 22.0. The number of benzene rings is 1. The first-order valence-electron chi connectivity index (χ1n) is 8.93. The van der Waals surface area contributed by atoms with E-state index in [1.165, 1.54) is 12.1 Å². The maximum atomic E-state index is 13.4. The molecule has 0 unspecified atom stereocenters. The number of hydrogen-bond donors (Lipinski definition) is 1. The van der Waals surface area contributed by atoms with Gasteiger partial charge in [-0.25, -0.2) is 9.59 Å². The minimum absolute atomic E-state index is 0.00965. The van der Waals surface area contributed by atoms with Crippen molar-refractivity contribution >= 4 is 12.1 Å². The fourth-order valence-electron chi connectivity index (χ4n) is 3.12. The van der Waals surface area contributed by atoms with Gasteiger partial charge in [0.25, 0.3) is 0 Å². The minimum Gasteiger partial charge on any atom is -0.478 e. The quantitative estimate of drug-likeness (QED) is 0.832. The molecule has 1 aliphatic rings. The van der Waals surface area contributed by atoms with Crippen molar-refractivity contribution in [2.75, 3.05) is 19.6 Å². The van der Waals surface area contributed by atoms with E-state index in [0.29, 0.717) is 25.7 Å². The van der Waals surface area contributed by atoms with Gasteiger partial charge < -0.3 is 14.7 Å². The van der Waals surface area contributed by atoms with Crippen molar-refractivity contribution in [3.63, 3.8) is 0 Å². The summed E-state index contributed by atoms with van der Waals surface area (Å²) >= 11 is 0. The van der Waals surface area contributed by atoms with Crippen LogP contribution in [0.1, 0.15) is 49.2 Å². The molecule has 0 aliphatic carbocycles. The number of ether oxygens (including phenoxy) is 1. The number of piperazine rings is 1. The van der Waals surface area contributed by atoms with Crippen molar-refractivity contribution in [3.05, 3.63) is 34.9 Å². The molecule has 0 spiro atoms. The lowest BCUT2D eigenvalue weighted by Gasteiger charge is -2.40. The second-order valence-electron chi connectivity index (χ2n) is 7.93. The van der Waals surface area contributed by atoms with Crippen LogP contribution in [0.25, 0.3) is 0 Å². The van der Waals surface area contributed by atoms with Crippen LogP contribution in [-0.4, -0.2) is 58.2 Å². The maximum absolute atomic E-state index is 13.4. The number of carbonyl (C=O) groups excluding carboxylic acids is 1. The fourth-order valence-corrected chi connectivity index (χ4v) is 3.12. The third kappa shape index (κ3) is 5.60. The predicted molar refractivity (Wildman–Crippen MR) is 96.1 cm³/mol. The summed E-state index contributed by atoms with van der Waals surface area (Å²) in [6, 6.07) is 2.82. The maximum Gasteiger partial charge on any atom is 0.416 e.